The Morgan fingerprint density at radius 2 is 2.42 bits per heavy atom. The van der Waals surface area contributed by atoms with Gasteiger partial charge in [-0.2, -0.15) is 0 Å². The highest BCUT2D eigenvalue weighted by atomic mass is 16.3. The Morgan fingerprint density at radius 1 is 1.58 bits per heavy atom. The van der Waals surface area contributed by atoms with E-state index in [1.54, 1.807) is 6.20 Å². The van der Waals surface area contributed by atoms with E-state index in [-0.39, 0.29) is 12.5 Å². The largest absolute Gasteiger partial charge is 0.396 e. The molecule has 0 saturated carbocycles. The SMILES string of the molecule is CC(CCO)CNC(=O)Cc1c[nH]c2ncccc12. The van der Waals surface area contributed by atoms with Gasteiger partial charge in [0.05, 0.1) is 6.42 Å². The molecular formula is C14H19N3O2. The van der Waals surface area contributed by atoms with Gasteiger partial charge in [-0.15, -0.1) is 0 Å². The van der Waals surface area contributed by atoms with Gasteiger partial charge in [0.25, 0.3) is 0 Å². The maximum absolute atomic E-state index is 11.9. The van der Waals surface area contributed by atoms with Crippen LogP contribution in [0.15, 0.2) is 24.5 Å². The lowest BCUT2D eigenvalue weighted by atomic mass is 10.1. The molecule has 0 fully saturated rings. The maximum Gasteiger partial charge on any atom is 0.224 e. The lowest BCUT2D eigenvalue weighted by Crippen LogP contribution is -2.29. The van der Waals surface area contributed by atoms with E-state index < -0.39 is 0 Å². The molecule has 5 nitrogen and oxygen atoms in total. The second-order valence-electron chi connectivity index (χ2n) is 4.81. The highest BCUT2D eigenvalue weighted by Crippen LogP contribution is 2.15. The number of H-pyrrole nitrogens is 1. The van der Waals surface area contributed by atoms with Crippen molar-refractivity contribution in [2.24, 2.45) is 5.92 Å². The molecule has 0 aliphatic carbocycles. The molecule has 2 heterocycles. The molecule has 1 atom stereocenters. The summed E-state index contributed by atoms with van der Waals surface area (Å²) in [6.45, 7) is 2.76. The lowest BCUT2D eigenvalue weighted by Gasteiger charge is -2.10. The third-order valence-corrected chi connectivity index (χ3v) is 3.16. The zero-order valence-corrected chi connectivity index (χ0v) is 11.0. The van der Waals surface area contributed by atoms with Gasteiger partial charge in [-0.05, 0) is 30.0 Å². The molecule has 0 aromatic carbocycles. The summed E-state index contributed by atoms with van der Waals surface area (Å²) in [6.07, 6.45) is 4.60. The van der Waals surface area contributed by atoms with E-state index in [0.717, 1.165) is 16.6 Å². The Bertz CT molecular complexity index is 550. The predicted molar refractivity (Wildman–Crippen MR) is 73.7 cm³/mol. The van der Waals surface area contributed by atoms with Crippen molar-refractivity contribution in [1.82, 2.24) is 15.3 Å². The molecule has 2 aromatic heterocycles. The first kappa shape index (κ1) is 13.5. The number of carbonyl (C=O) groups excluding carboxylic acids is 1. The zero-order chi connectivity index (χ0) is 13.7. The highest BCUT2D eigenvalue weighted by Gasteiger charge is 2.10. The van der Waals surface area contributed by atoms with Gasteiger partial charge in [0.1, 0.15) is 5.65 Å². The van der Waals surface area contributed by atoms with Crippen LogP contribution >= 0.6 is 0 Å². The number of carbonyl (C=O) groups is 1. The Morgan fingerprint density at radius 3 is 3.21 bits per heavy atom. The number of aromatic amines is 1. The van der Waals surface area contributed by atoms with Crippen molar-refractivity contribution in [3.63, 3.8) is 0 Å². The quantitative estimate of drug-likeness (QED) is 0.732. The first-order valence-electron chi connectivity index (χ1n) is 6.49. The Kier molecular flexibility index (Phi) is 4.52. The third-order valence-electron chi connectivity index (χ3n) is 3.16. The Hall–Kier alpha value is -1.88. The fraction of sp³-hybridized carbons (Fsp3) is 0.429. The van der Waals surface area contributed by atoms with E-state index in [1.807, 2.05) is 25.3 Å². The Labute approximate surface area is 112 Å². The average molecular weight is 261 g/mol. The topological polar surface area (TPSA) is 78.0 Å². The molecule has 0 bridgehead atoms. The molecule has 102 valence electrons. The van der Waals surface area contributed by atoms with Crippen LogP contribution in [0.3, 0.4) is 0 Å². The van der Waals surface area contributed by atoms with Crippen LogP contribution in [0.5, 0.6) is 0 Å². The van der Waals surface area contributed by atoms with Crippen molar-refractivity contribution in [2.45, 2.75) is 19.8 Å². The van der Waals surface area contributed by atoms with Gasteiger partial charge < -0.3 is 15.4 Å². The smallest absolute Gasteiger partial charge is 0.224 e. The number of aliphatic hydroxyl groups excluding tert-OH is 1. The van der Waals surface area contributed by atoms with Gasteiger partial charge in [-0.3, -0.25) is 4.79 Å². The van der Waals surface area contributed by atoms with Crippen LogP contribution in [0.4, 0.5) is 0 Å². The second kappa shape index (κ2) is 6.33. The van der Waals surface area contributed by atoms with Crippen LogP contribution in [-0.2, 0) is 11.2 Å². The number of aliphatic hydroxyl groups is 1. The molecule has 0 aliphatic rings. The van der Waals surface area contributed by atoms with E-state index in [0.29, 0.717) is 25.3 Å². The third kappa shape index (κ3) is 3.54. The monoisotopic (exact) mass is 261 g/mol. The van der Waals surface area contributed by atoms with Gasteiger partial charge in [-0.1, -0.05) is 6.92 Å². The van der Waals surface area contributed by atoms with Gasteiger partial charge in [0, 0.05) is 30.9 Å². The minimum absolute atomic E-state index is 0.00505. The minimum atomic E-state index is -0.00505. The number of pyridine rings is 1. The summed E-state index contributed by atoms with van der Waals surface area (Å²) in [6, 6.07) is 3.82. The number of hydrogen-bond acceptors (Lipinski definition) is 3. The summed E-state index contributed by atoms with van der Waals surface area (Å²) in [5.74, 6) is 0.285. The zero-order valence-electron chi connectivity index (χ0n) is 11.0. The van der Waals surface area contributed by atoms with Crippen LogP contribution in [0.25, 0.3) is 11.0 Å². The van der Waals surface area contributed by atoms with Crippen LogP contribution in [0, 0.1) is 5.92 Å². The fourth-order valence-corrected chi connectivity index (χ4v) is 2.00. The summed E-state index contributed by atoms with van der Waals surface area (Å²) in [5.41, 5.74) is 1.76. The summed E-state index contributed by atoms with van der Waals surface area (Å²) in [7, 11) is 0. The number of rotatable bonds is 6. The van der Waals surface area contributed by atoms with E-state index in [4.69, 9.17) is 5.11 Å². The van der Waals surface area contributed by atoms with Gasteiger partial charge in [0.15, 0.2) is 0 Å². The number of nitrogens with one attached hydrogen (secondary N) is 2. The van der Waals surface area contributed by atoms with Crippen molar-refractivity contribution in [2.75, 3.05) is 13.2 Å². The van der Waals surface area contributed by atoms with Gasteiger partial charge >= 0.3 is 0 Å². The van der Waals surface area contributed by atoms with E-state index >= 15 is 0 Å². The molecule has 2 rings (SSSR count). The molecule has 1 amide bonds. The molecule has 0 radical (unpaired) electrons. The van der Waals surface area contributed by atoms with Crippen molar-refractivity contribution in [3.05, 3.63) is 30.1 Å². The molecule has 0 aliphatic heterocycles. The predicted octanol–water partition coefficient (Wildman–Crippen LogP) is 1.24. The summed E-state index contributed by atoms with van der Waals surface area (Å²) in [4.78, 5) is 19.1. The van der Waals surface area contributed by atoms with Crippen LogP contribution in [-0.4, -0.2) is 34.1 Å². The molecule has 0 saturated heterocycles. The number of amides is 1. The molecular weight excluding hydrogens is 242 g/mol. The average Bonchev–Trinajstić information content (AvgIpc) is 2.80. The van der Waals surface area contributed by atoms with Crippen molar-refractivity contribution < 1.29 is 9.90 Å². The maximum atomic E-state index is 11.9. The summed E-state index contributed by atoms with van der Waals surface area (Å²) < 4.78 is 0. The van der Waals surface area contributed by atoms with Crippen molar-refractivity contribution >= 4 is 16.9 Å². The Balaban J connectivity index is 1.92. The molecule has 19 heavy (non-hydrogen) atoms. The number of nitrogens with zero attached hydrogens (tertiary/aromatic N) is 1. The highest BCUT2D eigenvalue weighted by molar-refractivity contribution is 5.86. The van der Waals surface area contributed by atoms with Crippen molar-refractivity contribution in [1.29, 1.82) is 0 Å². The minimum Gasteiger partial charge on any atom is -0.396 e. The van der Waals surface area contributed by atoms with E-state index in [2.05, 4.69) is 15.3 Å². The van der Waals surface area contributed by atoms with Crippen LogP contribution in [0.2, 0.25) is 0 Å². The van der Waals surface area contributed by atoms with Gasteiger partial charge in [0.2, 0.25) is 5.91 Å². The van der Waals surface area contributed by atoms with Crippen LogP contribution < -0.4 is 5.32 Å². The number of aromatic nitrogens is 2. The molecule has 5 heteroatoms. The molecule has 0 spiro atoms. The number of hydrogen-bond donors (Lipinski definition) is 3. The van der Waals surface area contributed by atoms with Crippen molar-refractivity contribution in [3.8, 4) is 0 Å². The molecule has 2 aromatic rings. The van der Waals surface area contributed by atoms with E-state index in [1.165, 1.54) is 0 Å². The molecule has 3 N–H and O–H groups in total. The lowest BCUT2D eigenvalue weighted by molar-refractivity contribution is -0.120. The first-order chi connectivity index (χ1) is 9.20. The normalized spacial score (nSPS) is 12.5. The summed E-state index contributed by atoms with van der Waals surface area (Å²) >= 11 is 0. The number of fused-ring (bicyclic) bond motifs is 1. The summed E-state index contributed by atoms with van der Waals surface area (Å²) in [5, 5.41) is 12.7. The van der Waals surface area contributed by atoms with Gasteiger partial charge in [-0.25, -0.2) is 4.98 Å². The first-order valence-corrected chi connectivity index (χ1v) is 6.49. The standard InChI is InChI=1S/C14H19N3O2/c1-10(4-6-18)8-16-13(19)7-11-9-17-14-12(11)3-2-5-15-14/h2-3,5,9-10,18H,4,6-8H2,1H3,(H,15,17)(H,16,19). The second-order valence-corrected chi connectivity index (χ2v) is 4.81. The van der Waals surface area contributed by atoms with E-state index in [9.17, 15) is 4.79 Å². The molecule has 1 unspecified atom stereocenters. The van der Waals surface area contributed by atoms with Crippen LogP contribution in [0.1, 0.15) is 18.9 Å². The fourth-order valence-electron chi connectivity index (χ4n) is 2.00.